The minimum atomic E-state index is -0.0902. The Kier molecular flexibility index (Phi) is 4.51. The molecule has 78 valence electrons. The molecule has 0 bridgehead atoms. The van der Waals surface area contributed by atoms with Gasteiger partial charge in [-0.15, -0.1) is 11.3 Å². The highest BCUT2D eigenvalue weighted by Crippen LogP contribution is 2.11. The lowest BCUT2D eigenvalue weighted by atomic mass is 10.5. The Morgan fingerprint density at radius 3 is 3.14 bits per heavy atom. The number of amides is 1. The van der Waals surface area contributed by atoms with E-state index >= 15 is 0 Å². The van der Waals surface area contributed by atoms with Crippen LogP contribution in [0.5, 0.6) is 0 Å². The van der Waals surface area contributed by atoms with Gasteiger partial charge in [0.25, 0.3) is 5.91 Å². The molecule has 0 radical (unpaired) electrons. The largest absolute Gasteiger partial charge is 0.354 e. The lowest BCUT2D eigenvalue weighted by molar-refractivity contribution is 0.0967. The van der Waals surface area contributed by atoms with E-state index in [1.807, 2.05) is 0 Å². The monoisotopic (exact) mass is 214 g/mol. The zero-order valence-electron chi connectivity index (χ0n) is 8.04. The van der Waals surface area contributed by atoms with E-state index in [1.165, 1.54) is 11.3 Å². The number of hydrogen-bond donors (Lipinski definition) is 3. The van der Waals surface area contributed by atoms with E-state index in [0.717, 1.165) is 11.6 Å². The molecule has 0 aliphatic carbocycles. The lowest BCUT2D eigenvalue weighted by Crippen LogP contribution is -2.21. The lowest BCUT2D eigenvalue weighted by Gasteiger charge is -1.97. The summed E-state index contributed by atoms with van der Waals surface area (Å²) < 4.78 is 0. The molecule has 1 rings (SSSR count). The van der Waals surface area contributed by atoms with Crippen LogP contribution in [0.1, 0.15) is 14.7 Å². The van der Waals surface area contributed by atoms with Crippen LogP contribution in [0.25, 0.3) is 0 Å². The first kappa shape index (κ1) is 11.1. The summed E-state index contributed by atoms with van der Waals surface area (Å²) in [6, 6.07) is 0. The average molecular weight is 214 g/mol. The number of nitrogens with two attached hydrogens (primary N) is 1. The third kappa shape index (κ3) is 3.06. The molecule has 0 spiro atoms. The van der Waals surface area contributed by atoms with Crippen molar-refractivity contribution in [2.45, 2.75) is 6.54 Å². The summed E-state index contributed by atoms with van der Waals surface area (Å²) in [7, 11) is 1.61. The Morgan fingerprint density at radius 2 is 2.50 bits per heavy atom. The number of thiazole rings is 1. The second-order valence-electron chi connectivity index (χ2n) is 2.66. The van der Waals surface area contributed by atoms with Crippen LogP contribution >= 0.6 is 11.3 Å². The van der Waals surface area contributed by atoms with E-state index in [2.05, 4.69) is 15.6 Å². The van der Waals surface area contributed by atoms with Crippen LogP contribution in [0.4, 0.5) is 0 Å². The van der Waals surface area contributed by atoms with Gasteiger partial charge in [0.15, 0.2) is 0 Å². The van der Waals surface area contributed by atoms with Crippen LogP contribution in [-0.2, 0) is 6.54 Å². The molecule has 1 aromatic rings. The summed E-state index contributed by atoms with van der Waals surface area (Å²) in [5.41, 5.74) is 5.32. The molecule has 0 unspecified atom stereocenters. The second kappa shape index (κ2) is 5.69. The smallest absolute Gasteiger partial charge is 0.262 e. The molecule has 1 amide bonds. The molecule has 1 heterocycles. The Labute approximate surface area is 86.7 Å². The van der Waals surface area contributed by atoms with Crippen LogP contribution in [0.15, 0.2) is 6.20 Å². The van der Waals surface area contributed by atoms with Crippen LogP contribution in [-0.4, -0.2) is 31.0 Å². The van der Waals surface area contributed by atoms with Gasteiger partial charge in [-0.2, -0.15) is 0 Å². The first-order valence-electron chi connectivity index (χ1n) is 4.35. The Hall–Kier alpha value is -0.980. The molecule has 0 aliphatic heterocycles. The van der Waals surface area contributed by atoms with Crippen molar-refractivity contribution in [2.75, 3.05) is 20.1 Å². The van der Waals surface area contributed by atoms with Gasteiger partial charge in [0.2, 0.25) is 0 Å². The standard InChI is InChI=1S/C8H14N4OS/c1-10-8(13)6-4-12-7(14-6)5-11-3-2-9/h4,11H,2-3,5,9H2,1H3,(H,10,13). The van der Waals surface area contributed by atoms with Crippen molar-refractivity contribution in [2.24, 2.45) is 5.73 Å². The summed E-state index contributed by atoms with van der Waals surface area (Å²) in [5.74, 6) is -0.0902. The molecule has 0 atom stereocenters. The van der Waals surface area contributed by atoms with E-state index in [1.54, 1.807) is 13.2 Å². The van der Waals surface area contributed by atoms with Gasteiger partial charge in [0.1, 0.15) is 9.88 Å². The van der Waals surface area contributed by atoms with Gasteiger partial charge in [-0.05, 0) is 0 Å². The molecule has 0 fully saturated rings. The molecule has 0 aromatic carbocycles. The third-order valence-electron chi connectivity index (χ3n) is 1.60. The molecule has 1 aromatic heterocycles. The van der Waals surface area contributed by atoms with Gasteiger partial charge in [-0.1, -0.05) is 0 Å². The predicted molar refractivity (Wildman–Crippen MR) is 56.3 cm³/mol. The Bertz CT molecular complexity index is 299. The Morgan fingerprint density at radius 1 is 1.71 bits per heavy atom. The summed E-state index contributed by atoms with van der Waals surface area (Å²) in [6.45, 7) is 2.03. The molecular weight excluding hydrogens is 200 g/mol. The number of hydrogen-bond acceptors (Lipinski definition) is 5. The maximum Gasteiger partial charge on any atom is 0.262 e. The second-order valence-corrected chi connectivity index (χ2v) is 3.78. The molecule has 14 heavy (non-hydrogen) atoms. The van der Waals surface area contributed by atoms with Crippen molar-refractivity contribution in [1.29, 1.82) is 0 Å². The number of nitrogens with zero attached hydrogens (tertiary/aromatic N) is 1. The highest BCUT2D eigenvalue weighted by Gasteiger charge is 2.07. The van der Waals surface area contributed by atoms with Gasteiger partial charge in [0, 0.05) is 26.7 Å². The zero-order valence-corrected chi connectivity index (χ0v) is 8.86. The predicted octanol–water partition coefficient (Wildman–Crippen LogP) is -0.449. The van der Waals surface area contributed by atoms with E-state index in [9.17, 15) is 4.79 Å². The fraction of sp³-hybridized carbons (Fsp3) is 0.500. The number of rotatable bonds is 5. The zero-order chi connectivity index (χ0) is 10.4. The first-order chi connectivity index (χ1) is 6.77. The van der Waals surface area contributed by atoms with Crippen molar-refractivity contribution < 1.29 is 4.79 Å². The fourth-order valence-corrected chi connectivity index (χ4v) is 1.75. The van der Waals surface area contributed by atoms with Crippen molar-refractivity contribution in [1.82, 2.24) is 15.6 Å². The SMILES string of the molecule is CNC(=O)c1cnc(CNCCN)s1. The summed E-state index contributed by atoms with van der Waals surface area (Å²) in [4.78, 5) is 15.9. The van der Waals surface area contributed by atoms with Crippen molar-refractivity contribution in [3.05, 3.63) is 16.1 Å². The fourth-order valence-electron chi connectivity index (χ4n) is 0.918. The molecule has 0 saturated heterocycles. The van der Waals surface area contributed by atoms with Crippen LogP contribution in [0, 0.1) is 0 Å². The molecular formula is C8H14N4OS. The number of nitrogens with one attached hydrogen (secondary N) is 2. The van der Waals surface area contributed by atoms with Gasteiger partial charge in [-0.3, -0.25) is 4.79 Å². The normalized spacial score (nSPS) is 10.1. The summed E-state index contributed by atoms with van der Waals surface area (Å²) in [6.07, 6.45) is 1.59. The summed E-state index contributed by atoms with van der Waals surface area (Å²) in [5, 5.41) is 6.57. The van der Waals surface area contributed by atoms with E-state index in [4.69, 9.17) is 5.73 Å². The van der Waals surface area contributed by atoms with Gasteiger partial charge in [0.05, 0.1) is 6.20 Å². The molecule has 6 heteroatoms. The van der Waals surface area contributed by atoms with Gasteiger partial charge in [-0.25, -0.2) is 4.98 Å². The quantitative estimate of drug-likeness (QED) is 0.580. The van der Waals surface area contributed by atoms with Gasteiger partial charge < -0.3 is 16.4 Å². The first-order valence-corrected chi connectivity index (χ1v) is 5.17. The van der Waals surface area contributed by atoms with Crippen molar-refractivity contribution in [3.8, 4) is 0 Å². The molecule has 5 nitrogen and oxygen atoms in total. The summed E-state index contributed by atoms with van der Waals surface area (Å²) >= 11 is 1.39. The Balaban J connectivity index is 2.46. The molecule has 0 aliphatic rings. The van der Waals surface area contributed by atoms with Gasteiger partial charge >= 0.3 is 0 Å². The number of carbonyl (C=O) groups is 1. The van der Waals surface area contributed by atoms with Crippen molar-refractivity contribution >= 4 is 17.2 Å². The van der Waals surface area contributed by atoms with Crippen LogP contribution in [0.2, 0.25) is 0 Å². The highest BCUT2D eigenvalue weighted by molar-refractivity contribution is 7.13. The van der Waals surface area contributed by atoms with E-state index < -0.39 is 0 Å². The third-order valence-corrected chi connectivity index (χ3v) is 2.60. The van der Waals surface area contributed by atoms with Crippen LogP contribution in [0.3, 0.4) is 0 Å². The minimum absolute atomic E-state index is 0.0902. The van der Waals surface area contributed by atoms with Crippen molar-refractivity contribution in [3.63, 3.8) is 0 Å². The molecule has 4 N–H and O–H groups in total. The number of carbonyl (C=O) groups excluding carboxylic acids is 1. The topological polar surface area (TPSA) is 80.0 Å². The highest BCUT2D eigenvalue weighted by atomic mass is 32.1. The van der Waals surface area contributed by atoms with E-state index in [-0.39, 0.29) is 5.91 Å². The van der Waals surface area contributed by atoms with Crippen LogP contribution < -0.4 is 16.4 Å². The maximum absolute atomic E-state index is 11.2. The molecule has 0 saturated carbocycles. The minimum Gasteiger partial charge on any atom is -0.354 e. The average Bonchev–Trinajstić information content (AvgIpc) is 2.66. The maximum atomic E-state index is 11.2. The number of aromatic nitrogens is 1. The van der Waals surface area contributed by atoms with E-state index in [0.29, 0.717) is 18.0 Å².